The van der Waals surface area contributed by atoms with Gasteiger partial charge in [0, 0.05) is 18.5 Å². The van der Waals surface area contributed by atoms with Crippen LogP contribution in [0.1, 0.15) is 5.82 Å². The van der Waals surface area contributed by atoms with Crippen LogP contribution in [0, 0.1) is 0 Å². The molecule has 12 heavy (non-hydrogen) atoms. The molecule has 0 aliphatic rings. The summed E-state index contributed by atoms with van der Waals surface area (Å²) in [5.41, 5.74) is 0. The molecular formula is C7H6Cl2N2O. The minimum atomic E-state index is -0.530. The third-order valence-electron chi connectivity index (χ3n) is 0.949. The van der Waals surface area contributed by atoms with Crippen LogP contribution in [0.5, 0.6) is 0 Å². The standard InChI is InChI=1S/C7H5ClN2O.ClH/c8-6(11)2-3-7-9-4-1-5-10-7;/h1-5H;1H/b3-2+;. The van der Waals surface area contributed by atoms with E-state index in [2.05, 4.69) is 9.97 Å². The molecule has 1 aromatic rings. The van der Waals surface area contributed by atoms with E-state index in [4.69, 9.17) is 11.6 Å². The van der Waals surface area contributed by atoms with Crippen LogP contribution in [-0.4, -0.2) is 15.2 Å². The minimum absolute atomic E-state index is 0. The van der Waals surface area contributed by atoms with Crippen molar-refractivity contribution < 1.29 is 4.79 Å². The van der Waals surface area contributed by atoms with Crippen LogP contribution in [0.2, 0.25) is 0 Å². The Bertz CT molecular complexity index is 274. The number of hydrogen-bond donors (Lipinski definition) is 0. The van der Waals surface area contributed by atoms with Crippen LogP contribution in [0.4, 0.5) is 0 Å². The largest absolute Gasteiger partial charge is 0.276 e. The van der Waals surface area contributed by atoms with E-state index in [1.165, 1.54) is 12.2 Å². The highest BCUT2D eigenvalue weighted by atomic mass is 35.5. The summed E-state index contributed by atoms with van der Waals surface area (Å²) < 4.78 is 0. The number of halogens is 2. The molecule has 0 unspecified atom stereocenters. The highest BCUT2D eigenvalue weighted by molar-refractivity contribution is 6.66. The lowest BCUT2D eigenvalue weighted by Gasteiger charge is -1.86. The molecular weight excluding hydrogens is 199 g/mol. The summed E-state index contributed by atoms with van der Waals surface area (Å²) in [6, 6.07) is 1.69. The molecule has 1 rings (SSSR count). The Morgan fingerprint density at radius 2 is 2.00 bits per heavy atom. The molecule has 0 saturated carbocycles. The Morgan fingerprint density at radius 3 is 2.50 bits per heavy atom. The second-order valence-corrected chi connectivity index (χ2v) is 2.12. The number of rotatable bonds is 2. The lowest BCUT2D eigenvalue weighted by molar-refractivity contribution is -0.107. The van der Waals surface area contributed by atoms with Gasteiger partial charge in [0.1, 0.15) is 0 Å². The van der Waals surface area contributed by atoms with E-state index >= 15 is 0 Å². The first-order valence-electron chi connectivity index (χ1n) is 2.93. The SMILES string of the molecule is Cl.O=C(Cl)/C=C/c1ncccn1. The molecule has 0 atom stereocenters. The fourth-order valence-electron chi connectivity index (χ4n) is 0.537. The number of aromatic nitrogens is 2. The van der Waals surface area contributed by atoms with Crippen molar-refractivity contribution in [1.82, 2.24) is 9.97 Å². The molecule has 3 nitrogen and oxygen atoms in total. The monoisotopic (exact) mass is 204 g/mol. The van der Waals surface area contributed by atoms with E-state index in [0.717, 1.165) is 0 Å². The van der Waals surface area contributed by atoms with Crippen molar-refractivity contribution in [3.05, 3.63) is 30.4 Å². The van der Waals surface area contributed by atoms with Crippen LogP contribution in [-0.2, 0) is 4.79 Å². The lowest BCUT2D eigenvalue weighted by atomic mass is 10.5. The van der Waals surface area contributed by atoms with Crippen LogP contribution < -0.4 is 0 Å². The molecule has 64 valence electrons. The summed E-state index contributed by atoms with van der Waals surface area (Å²) in [7, 11) is 0. The van der Waals surface area contributed by atoms with E-state index in [0.29, 0.717) is 5.82 Å². The van der Waals surface area contributed by atoms with Gasteiger partial charge in [-0.15, -0.1) is 12.4 Å². The van der Waals surface area contributed by atoms with Crippen LogP contribution in [0.25, 0.3) is 6.08 Å². The third-order valence-corrected chi connectivity index (χ3v) is 1.08. The molecule has 1 aromatic heterocycles. The molecule has 0 radical (unpaired) electrons. The van der Waals surface area contributed by atoms with Crippen molar-refractivity contribution in [3.8, 4) is 0 Å². The fourth-order valence-corrected chi connectivity index (χ4v) is 0.600. The smallest absolute Gasteiger partial charge is 0.245 e. The van der Waals surface area contributed by atoms with Gasteiger partial charge in [0.05, 0.1) is 0 Å². The molecule has 0 spiro atoms. The zero-order valence-electron chi connectivity index (χ0n) is 5.98. The Balaban J connectivity index is 0.00000121. The maximum atomic E-state index is 10.2. The van der Waals surface area contributed by atoms with Crippen molar-refractivity contribution in [2.45, 2.75) is 0 Å². The molecule has 0 N–H and O–H groups in total. The zero-order chi connectivity index (χ0) is 8.10. The maximum absolute atomic E-state index is 10.2. The molecule has 0 fully saturated rings. The van der Waals surface area contributed by atoms with Crippen molar-refractivity contribution in [1.29, 1.82) is 0 Å². The average Bonchev–Trinajstić information content (AvgIpc) is 2.03. The van der Waals surface area contributed by atoms with Gasteiger partial charge in [-0.2, -0.15) is 0 Å². The molecule has 0 aliphatic heterocycles. The van der Waals surface area contributed by atoms with Crippen LogP contribution in [0.3, 0.4) is 0 Å². The van der Waals surface area contributed by atoms with Crippen molar-refractivity contribution in [2.24, 2.45) is 0 Å². The number of carbonyl (C=O) groups excluding carboxylic acids is 1. The summed E-state index contributed by atoms with van der Waals surface area (Å²) in [5.74, 6) is 0.474. The number of allylic oxidation sites excluding steroid dienone is 1. The maximum Gasteiger partial charge on any atom is 0.245 e. The fraction of sp³-hybridized carbons (Fsp3) is 0. The molecule has 5 heteroatoms. The summed E-state index contributed by atoms with van der Waals surface area (Å²) in [6.45, 7) is 0. The van der Waals surface area contributed by atoms with Gasteiger partial charge in [-0.05, 0) is 23.7 Å². The highest BCUT2D eigenvalue weighted by Gasteiger charge is 1.88. The molecule has 1 heterocycles. The van der Waals surface area contributed by atoms with E-state index in [1.807, 2.05) is 0 Å². The Hall–Kier alpha value is -0.930. The minimum Gasteiger partial charge on any atom is -0.276 e. The Kier molecular flexibility index (Phi) is 5.25. The van der Waals surface area contributed by atoms with Crippen molar-refractivity contribution >= 4 is 35.3 Å². The van der Waals surface area contributed by atoms with Crippen LogP contribution in [0.15, 0.2) is 24.5 Å². The van der Waals surface area contributed by atoms with Crippen molar-refractivity contribution in [2.75, 3.05) is 0 Å². The predicted molar refractivity (Wildman–Crippen MR) is 49.2 cm³/mol. The summed E-state index contributed by atoms with van der Waals surface area (Å²) in [5, 5.41) is -0.530. The number of carbonyl (C=O) groups is 1. The Labute approximate surface area is 80.9 Å². The van der Waals surface area contributed by atoms with Gasteiger partial charge in [-0.3, -0.25) is 4.79 Å². The molecule has 0 aliphatic carbocycles. The first kappa shape index (κ1) is 11.1. The lowest BCUT2D eigenvalue weighted by Crippen LogP contribution is -1.84. The second-order valence-electron chi connectivity index (χ2n) is 1.74. The van der Waals surface area contributed by atoms with Gasteiger partial charge in [0.25, 0.3) is 0 Å². The van der Waals surface area contributed by atoms with Crippen LogP contribution >= 0.6 is 24.0 Å². The van der Waals surface area contributed by atoms with E-state index in [1.54, 1.807) is 18.5 Å². The van der Waals surface area contributed by atoms with Crippen molar-refractivity contribution in [3.63, 3.8) is 0 Å². The average molecular weight is 205 g/mol. The van der Waals surface area contributed by atoms with Gasteiger partial charge >= 0.3 is 0 Å². The Morgan fingerprint density at radius 1 is 1.42 bits per heavy atom. The summed E-state index contributed by atoms with van der Waals surface area (Å²) >= 11 is 5.05. The first-order valence-corrected chi connectivity index (χ1v) is 3.31. The molecule has 0 saturated heterocycles. The van der Waals surface area contributed by atoms with Gasteiger partial charge < -0.3 is 0 Å². The second kappa shape index (κ2) is 5.69. The summed E-state index contributed by atoms with van der Waals surface area (Å²) in [6.07, 6.45) is 5.84. The summed E-state index contributed by atoms with van der Waals surface area (Å²) in [4.78, 5) is 17.9. The predicted octanol–water partition coefficient (Wildman–Crippen LogP) is 1.68. The first-order chi connectivity index (χ1) is 5.29. The number of hydrogen-bond acceptors (Lipinski definition) is 3. The quantitative estimate of drug-likeness (QED) is 0.544. The third kappa shape index (κ3) is 4.05. The van der Waals surface area contributed by atoms with E-state index in [9.17, 15) is 4.79 Å². The topological polar surface area (TPSA) is 42.9 Å². The van der Waals surface area contributed by atoms with Gasteiger partial charge in [0.15, 0.2) is 5.82 Å². The van der Waals surface area contributed by atoms with E-state index < -0.39 is 5.24 Å². The molecule has 0 bridgehead atoms. The van der Waals surface area contributed by atoms with Gasteiger partial charge in [-0.1, -0.05) is 0 Å². The molecule has 0 amide bonds. The normalized spacial score (nSPS) is 9.42. The molecule has 0 aromatic carbocycles. The van der Waals surface area contributed by atoms with Gasteiger partial charge in [0.2, 0.25) is 5.24 Å². The van der Waals surface area contributed by atoms with E-state index in [-0.39, 0.29) is 12.4 Å². The van der Waals surface area contributed by atoms with Gasteiger partial charge in [-0.25, -0.2) is 9.97 Å². The number of nitrogens with zero attached hydrogens (tertiary/aromatic N) is 2. The zero-order valence-corrected chi connectivity index (χ0v) is 7.55. The highest BCUT2D eigenvalue weighted by Crippen LogP contribution is 1.92.